The molecule has 1 amide bonds. The fourth-order valence-electron chi connectivity index (χ4n) is 1.37. The standard InChI is InChI=1S/C15H15Cl2NO4/c1-3-6-21-14(19)7-10(2)18-15(20)22-9-11-4-5-12(16)13(17)8-11/h3-5,7-8H,1,6,9H2,2H3,(H,18,20). The number of benzene rings is 1. The van der Waals surface area contributed by atoms with Gasteiger partial charge >= 0.3 is 12.1 Å². The van der Waals surface area contributed by atoms with Crippen molar-refractivity contribution in [2.45, 2.75) is 13.5 Å². The zero-order valence-electron chi connectivity index (χ0n) is 11.9. The summed E-state index contributed by atoms with van der Waals surface area (Å²) in [5.41, 5.74) is 0.991. The lowest BCUT2D eigenvalue weighted by atomic mass is 10.2. The number of esters is 1. The van der Waals surface area contributed by atoms with Gasteiger partial charge in [-0.15, -0.1) is 0 Å². The van der Waals surface area contributed by atoms with Gasteiger partial charge in [-0.1, -0.05) is 41.9 Å². The lowest BCUT2D eigenvalue weighted by molar-refractivity contribution is -0.136. The van der Waals surface area contributed by atoms with Gasteiger partial charge in [0.2, 0.25) is 0 Å². The van der Waals surface area contributed by atoms with E-state index in [0.29, 0.717) is 21.3 Å². The number of carbonyl (C=O) groups excluding carboxylic acids is 2. The molecule has 0 fully saturated rings. The molecule has 7 heteroatoms. The molecule has 5 nitrogen and oxygen atoms in total. The fraction of sp³-hybridized carbons (Fsp3) is 0.200. The molecule has 1 rings (SSSR count). The molecule has 0 heterocycles. The summed E-state index contributed by atoms with van der Waals surface area (Å²) in [5, 5.41) is 3.20. The van der Waals surface area contributed by atoms with Crippen LogP contribution in [0.3, 0.4) is 0 Å². The largest absolute Gasteiger partial charge is 0.458 e. The highest BCUT2D eigenvalue weighted by atomic mass is 35.5. The number of hydrogen-bond acceptors (Lipinski definition) is 4. The summed E-state index contributed by atoms with van der Waals surface area (Å²) < 4.78 is 9.74. The highest BCUT2D eigenvalue weighted by Gasteiger charge is 2.06. The average Bonchev–Trinajstić information content (AvgIpc) is 2.46. The van der Waals surface area contributed by atoms with Crippen LogP contribution in [0.15, 0.2) is 42.6 Å². The fourth-order valence-corrected chi connectivity index (χ4v) is 1.69. The molecule has 0 aromatic heterocycles. The number of hydrogen-bond donors (Lipinski definition) is 1. The molecule has 0 aliphatic heterocycles. The predicted octanol–water partition coefficient (Wildman–Crippen LogP) is 3.85. The Labute approximate surface area is 138 Å². The van der Waals surface area contributed by atoms with Crippen LogP contribution in [0, 0.1) is 0 Å². The maximum atomic E-state index is 11.6. The number of allylic oxidation sites excluding steroid dienone is 1. The van der Waals surface area contributed by atoms with Gasteiger partial charge in [0.1, 0.15) is 13.2 Å². The summed E-state index contributed by atoms with van der Waals surface area (Å²) in [6.07, 6.45) is 1.89. The molecule has 0 radical (unpaired) electrons. The molecule has 118 valence electrons. The van der Waals surface area contributed by atoms with E-state index in [2.05, 4.69) is 11.9 Å². The van der Waals surface area contributed by atoms with Crippen LogP contribution in [0.25, 0.3) is 0 Å². The van der Waals surface area contributed by atoms with Crippen LogP contribution in [0.2, 0.25) is 10.0 Å². The SMILES string of the molecule is C=CCOC(=O)C=C(C)NC(=O)OCc1ccc(Cl)c(Cl)c1. The van der Waals surface area contributed by atoms with Gasteiger partial charge in [0, 0.05) is 11.8 Å². The van der Waals surface area contributed by atoms with Crippen molar-refractivity contribution < 1.29 is 19.1 Å². The van der Waals surface area contributed by atoms with Crippen molar-refractivity contribution in [2.75, 3.05) is 6.61 Å². The van der Waals surface area contributed by atoms with Gasteiger partial charge in [0.25, 0.3) is 0 Å². The Hall–Kier alpha value is -1.98. The van der Waals surface area contributed by atoms with Crippen molar-refractivity contribution in [2.24, 2.45) is 0 Å². The summed E-state index contributed by atoms with van der Waals surface area (Å²) in [7, 11) is 0. The molecule has 0 aliphatic carbocycles. The second-order valence-corrected chi connectivity index (χ2v) is 5.01. The van der Waals surface area contributed by atoms with Crippen molar-refractivity contribution in [3.05, 3.63) is 58.2 Å². The minimum absolute atomic E-state index is 0.0247. The molecule has 0 aliphatic rings. The van der Waals surface area contributed by atoms with Crippen LogP contribution >= 0.6 is 23.2 Å². The van der Waals surface area contributed by atoms with Crippen molar-refractivity contribution in [3.63, 3.8) is 0 Å². The quantitative estimate of drug-likeness (QED) is 0.484. The summed E-state index contributed by atoms with van der Waals surface area (Å²) in [4.78, 5) is 22.8. The third kappa shape index (κ3) is 6.65. The lowest BCUT2D eigenvalue weighted by Gasteiger charge is -2.08. The van der Waals surface area contributed by atoms with E-state index in [1.165, 1.54) is 13.0 Å². The molecular weight excluding hydrogens is 329 g/mol. The maximum Gasteiger partial charge on any atom is 0.411 e. The third-order valence-corrected chi connectivity index (χ3v) is 3.07. The van der Waals surface area contributed by atoms with Crippen molar-refractivity contribution in [1.82, 2.24) is 5.32 Å². The second kappa shape index (κ2) is 9.12. The second-order valence-electron chi connectivity index (χ2n) is 4.20. The number of alkyl carbamates (subject to hydrolysis) is 1. The molecule has 0 atom stereocenters. The minimum Gasteiger partial charge on any atom is -0.458 e. The molecule has 0 saturated carbocycles. The molecular formula is C15H15Cl2NO4. The number of amides is 1. The summed E-state index contributed by atoms with van der Waals surface area (Å²) in [6, 6.07) is 4.91. The van der Waals surface area contributed by atoms with Gasteiger partial charge in [-0.2, -0.15) is 0 Å². The maximum absolute atomic E-state index is 11.6. The molecule has 1 aromatic carbocycles. The van der Waals surface area contributed by atoms with Crippen molar-refractivity contribution in [1.29, 1.82) is 0 Å². The smallest absolute Gasteiger partial charge is 0.411 e. The van der Waals surface area contributed by atoms with Crippen LogP contribution in [0.5, 0.6) is 0 Å². The first-order valence-electron chi connectivity index (χ1n) is 6.26. The van der Waals surface area contributed by atoms with Crippen LogP contribution in [0.4, 0.5) is 4.79 Å². The first kappa shape index (κ1) is 18.1. The molecule has 1 aromatic rings. The summed E-state index contributed by atoms with van der Waals surface area (Å²) >= 11 is 11.6. The van der Waals surface area contributed by atoms with Gasteiger partial charge < -0.3 is 9.47 Å². The molecule has 0 saturated heterocycles. The van der Waals surface area contributed by atoms with Crippen molar-refractivity contribution in [3.8, 4) is 0 Å². The Morgan fingerprint density at radius 3 is 2.64 bits per heavy atom. The van der Waals surface area contributed by atoms with Gasteiger partial charge in [-0.05, 0) is 24.6 Å². The van der Waals surface area contributed by atoms with Gasteiger partial charge in [0.15, 0.2) is 0 Å². The normalized spacial score (nSPS) is 10.8. The summed E-state index contributed by atoms with van der Waals surface area (Å²) in [6.45, 7) is 5.08. The Morgan fingerprint density at radius 2 is 2.00 bits per heavy atom. The van der Waals surface area contributed by atoms with Gasteiger partial charge in [-0.25, -0.2) is 9.59 Å². The number of rotatable bonds is 6. The monoisotopic (exact) mass is 343 g/mol. The van der Waals surface area contributed by atoms with Crippen molar-refractivity contribution >= 4 is 35.3 Å². The van der Waals surface area contributed by atoms with E-state index in [1.807, 2.05) is 0 Å². The summed E-state index contributed by atoms with van der Waals surface area (Å²) in [5.74, 6) is -0.581. The molecule has 0 bridgehead atoms. The van der Waals surface area contributed by atoms with Crippen LogP contribution in [-0.2, 0) is 20.9 Å². The van der Waals surface area contributed by atoms with E-state index in [9.17, 15) is 9.59 Å². The number of halogens is 2. The van der Waals surface area contributed by atoms with E-state index in [0.717, 1.165) is 6.08 Å². The lowest BCUT2D eigenvalue weighted by Crippen LogP contribution is -2.23. The minimum atomic E-state index is -0.698. The topological polar surface area (TPSA) is 64.6 Å². The Bertz CT molecular complexity index is 599. The highest BCUT2D eigenvalue weighted by molar-refractivity contribution is 6.42. The first-order chi connectivity index (χ1) is 10.4. The van der Waals surface area contributed by atoms with E-state index >= 15 is 0 Å². The van der Waals surface area contributed by atoms with E-state index < -0.39 is 12.1 Å². The number of ether oxygens (including phenoxy) is 2. The van der Waals surface area contributed by atoms with Crippen LogP contribution in [0.1, 0.15) is 12.5 Å². The Kier molecular flexibility index (Phi) is 7.49. The first-order valence-corrected chi connectivity index (χ1v) is 7.01. The van der Waals surface area contributed by atoms with E-state index in [4.69, 9.17) is 32.7 Å². The number of nitrogens with one attached hydrogen (secondary N) is 1. The van der Waals surface area contributed by atoms with Crippen LogP contribution in [-0.4, -0.2) is 18.7 Å². The predicted molar refractivity (Wildman–Crippen MR) is 84.7 cm³/mol. The Morgan fingerprint density at radius 1 is 1.27 bits per heavy atom. The van der Waals surface area contributed by atoms with E-state index in [1.54, 1.807) is 18.2 Å². The third-order valence-electron chi connectivity index (χ3n) is 2.33. The molecule has 22 heavy (non-hydrogen) atoms. The van der Waals surface area contributed by atoms with Crippen LogP contribution < -0.4 is 5.32 Å². The molecule has 1 N–H and O–H groups in total. The highest BCUT2D eigenvalue weighted by Crippen LogP contribution is 2.22. The average molecular weight is 344 g/mol. The molecule has 0 unspecified atom stereocenters. The van der Waals surface area contributed by atoms with Gasteiger partial charge in [-0.3, -0.25) is 5.32 Å². The Balaban J connectivity index is 2.45. The zero-order chi connectivity index (χ0) is 16.5. The van der Waals surface area contributed by atoms with Gasteiger partial charge in [0.05, 0.1) is 10.0 Å². The van der Waals surface area contributed by atoms with E-state index in [-0.39, 0.29) is 13.2 Å². The number of carbonyl (C=O) groups is 2. The zero-order valence-corrected chi connectivity index (χ0v) is 13.4. The molecule has 0 spiro atoms.